The molecular formula is C22H23FN4O2. The molecule has 29 heavy (non-hydrogen) atoms. The average Bonchev–Trinajstić information content (AvgIpc) is 2.79. The lowest BCUT2D eigenvalue weighted by atomic mass is 10.1. The summed E-state index contributed by atoms with van der Waals surface area (Å²) < 4.78 is 23.8. The van der Waals surface area contributed by atoms with E-state index in [1.54, 1.807) is 19.2 Å². The number of halogens is 1. The number of morpholine rings is 1. The lowest BCUT2D eigenvalue weighted by Gasteiger charge is -2.28. The third-order valence-corrected chi connectivity index (χ3v) is 4.80. The maximum absolute atomic E-state index is 13.1. The van der Waals surface area contributed by atoms with Gasteiger partial charge < -0.3 is 19.7 Å². The van der Waals surface area contributed by atoms with Crippen LogP contribution in [0.4, 0.5) is 16.2 Å². The molecular weight excluding hydrogens is 371 g/mol. The minimum atomic E-state index is -0.249. The van der Waals surface area contributed by atoms with Crippen LogP contribution in [0.15, 0.2) is 54.6 Å². The van der Waals surface area contributed by atoms with Crippen LogP contribution in [-0.2, 0) is 11.3 Å². The highest BCUT2D eigenvalue weighted by Gasteiger charge is 2.16. The van der Waals surface area contributed by atoms with Gasteiger partial charge in [0.2, 0.25) is 5.95 Å². The van der Waals surface area contributed by atoms with Crippen molar-refractivity contribution in [3.8, 4) is 17.0 Å². The molecule has 150 valence electrons. The van der Waals surface area contributed by atoms with Crippen LogP contribution in [0.2, 0.25) is 0 Å². The molecule has 1 aliphatic rings. The highest BCUT2D eigenvalue weighted by Crippen LogP contribution is 2.26. The van der Waals surface area contributed by atoms with Crippen molar-refractivity contribution in [3.05, 3.63) is 66.0 Å². The Bertz CT molecular complexity index is 942. The molecule has 0 atom stereocenters. The Morgan fingerprint density at radius 2 is 1.76 bits per heavy atom. The number of nitrogens with one attached hydrogen (secondary N) is 1. The van der Waals surface area contributed by atoms with Crippen LogP contribution in [0.3, 0.4) is 0 Å². The van der Waals surface area contributed by atoms with E-state index >= 15 is 0 Å². The van der Waals surface area contributed by atoms with E-state index in [0.717, 1.165) is 41.5 Å². The maximum atomic E-state index is 13.1. The smallest absolute Gasteiger partial charge is 0.225 e. The van der Waals surface area contributed by atoms with E-state index in [0.29, 0.717) is 25.7 Å². The largest absolute Gasteiger partial charge is 0.497 e. The molecule has 0 spiro atoms. The molecule has 0 radical (unpaired) electrons. The van der Waals surface area contributed by atoms with Gasteiger partial charge in [0.25, 0.3) is 0 Å². The number of aromatic nitrogens is 2. The zero-order valence-electron chi connectivity index (χ0n) is 16.3. The molecule has 0 amide bonds. The van der Waals surface area contributed by atoms with E-state index in [9.17, 15) is 4.39 Å². The molecule has 0 aliphatic carbocycles. The Kier molecular flexibility index (Phi) is 5.86. The van der Waals surface area contributed by atoms with E-state index in [1.165, 1.54) is 12.1 Å². The van der Waals surface area contributed by atoms with Crippen molar-refractivity contribution >= 4 is 11.8 Å². The molecule has 4 rings (SSSR count). The SMILES string of the molecule is COc1ccc(-c2cc(N3CCOCC3)nc(NCc3ccc(F)cc3)n2)cc1. The molecule has 7 heteroatoms. The van der Waals surface area contributed by atoms with Gasteiger partial charge in [-0.25, -0.2) is 9.37 Å². The van der Waals surface area contributed by atoms with E-state index in [-0.39, 0.29) is 5.82 Å². The van der Waals surface area contributed by atoms with Crippen molar-refractivity contribution in [2.24, 2.45) is 0 Å². The maximum Gasteiger partial charge on any atom is 0.225 e. The second-order valence-electron chi connectivity index (χ2n) is 6.74. The Balaban J connectivity index is 1.62. The van der Waals surface area contributed by atoms with Crippen molar-refractivity contribution in [2.75, 3.05) is 43.6 Å². The molecule has 6 nitrogen and oxygen atoms in total. The predicted octanol–water partition coefficient (Wildman–Crippen LogP) is 3.74. The van der Waals surface area contributed by atoms with Crippen LogP contribution in [0.25, 0.3) is 11.3 Å². The highest BCUT2D eigenvalue weighted by atomic mass is 19.1. The minimum absolute atomic E-state index is 0.249. The van der Waals surface area contributed by atoms with Crippen LogP contribution < -0.4 is 15.0 Å². The number of nitrogens with zero attached hydrogens (tertiary/aromatic N) is 3. The van der Waals surface area contributed by atoms with Gasteiger partial charge in [-0.3, -0.25) is 0 Å². The van der Waals surface area contributed by atoms with Gasteiger partial charge in [0.05, 0.1) is 26.0 Å². The van der Waals surface area contributed by atoms with Gasteiger partial charge in [-0.1, -0.05) is 12.1 Å². The molecule has 0 bridgehead atoms. The molecule has 2 heterocycles. The van der Waals surface area contributed by atoms with Gasteiger partial charge in [-0.15, -0.1) is 0 Å². The minimum Gasteiger partial charge on any atom is -0.497 e. The first-order valence-electron chi connectivity index (χ1n) is 9.56. The molecule has 1 fully saturated rings. The van der Waals surface area contributed by atoms with Gasteiger partial charge in [-0.2, -0.15) is 4.98 Å². The molecule has 1 saturated heterocycles. The molecule has 1 N–H and O–H groups in total. The summed E-state index contributed by atoms with van der Waals surface area (Å²) in [6.07, 6.45) is 0. The van der Waals surface area contributed by atoms with Gasteiger partial charge in [0.15, 0.2) is 0 Å². The number of rotatable bonds is 6. The van der Waals surface area contributed by atoms with E-state index in [1.807, 2.05) is 30.3 Å². The fourth-order valence-corrected chi connectivity index (χ4v) is 3.16. The van der Waals surface area contributed by atoms with Crippen LogP contribution in [0, 0.1) is 5.82 Å². The van der Waals surface area contributed by atoms with Crippen molar-refractivity contribution < 1.29 is 13.9 Å². The Hall–Kier alpha value is -3.19. The first-order chi connectivity index (χ1) is 14.2. The summed E-state index contributed by atoms with van der Waals surface area (Å²) >= 11 is 0. The normalized spacial score (nSPS) is 13.9. The lowest BCUT2D eigenvalue weighted by molar-refractivity contribution is 0.122. The van der Waals surface area contributed by atoms with E-state index < -0.39 is 0 Å². The van der Waals surface area contributed by atoms with Crippen LogP contribution >= 0.6 is 0 Å². The Labute approximate surface area is 169 Å². The number of benzene rings is 2. The average molecular weight is 394 g/mol. The van der Waals surface area contributed by atoms with Gasteiger partial charge in [0.1, 0.15) is 17.4 Å². The third-order valence-electron chi connectivity index (χ3n) is 4.80. The third kappa shape index (κ3) is 4.81. The summed E-state index contributed by atoms with van der Waals surface area (Å²) in [7, 11) is 1.65. The molecule has 0 unspecified atom stereocenters. The zero-order chi connectivity index (χ0) is 20.1. The van der Waals surface area contributed by atoms with E-state index in [2.05, 4.69) is 10.2 Å². The summed E-state index contributed by atoms with van der Waals surface area (Å²) in [6.45, 7) is 3.45. The standard InChI is InChI=1S/C22H23FN4O2/c1-28-19-8-4-17(5-9-19)20-14-21(27-10-12-29-13-11-27)26-22(25-20)24-15-16-2-6-18(23)7-3-16/h2-9,14H,10-13,15H2,1H3,(H,24,25,26). The predicted molar refractivity (Wildman–Crippen MR) is 111 cm³/mol. The van der Waals surface area contributed by atoms with E-state index in [4.69, 9.17) is 19.4 Å². The number of methoxy groups -OCH3 is 1. The van der Waals surface area contributed by atoms with Gasteiger partial charge >= 0.3 is 0 Å². The first-order valence-corrected chi connectivity index (χ1v) is 9.56. The molecule has 0 saturated carbocycles. The topological polar surface area (TPSA) is 59.5 Å². The summed E-state index contributed by atoms with van der Waals surface area (Å²) in [5, 5.41) is 3.27. The van der Waals surface area contributed by atoms with Crippen molar-refractivity contribution in [3.63, 3.8) is 0 Å². The second-order valence-corrected chi connectivity index (χ2v) is 6.74. The van der Waals surface area contributed by atoms with Crippen LogP contribution in [-0.4, -0.2) is 43.4 Å². The van der Waals surface area contributed by atoms with Gasteiger partial charge in [0, 0.05) is 31.3 Å². The molecule has 1 aliphatic heterocycles. The van der Waals surface area contributed by atoms with Crippen LogP contribution in [0.1, 0.15) is 5.56 Å². The second kappa shape index (κ2) is 8.87. The highest BCUT2D eigenvalue weighted by molar-refractivity contribution is 5.65. The van der Waals surface area contributed by atoms with Crippen molar-refractivity contribution in [1.82, 2.24) is 9.97 Å². The summed E-state index contributed by atoms with van der Waals surface area (Å²) in [6, 6.07) is 16.2. The van der Waals surface area contributed by atoms with Gasteiger partial charge in [-0.05, 0) is 42.0 Å². The molecule has 3 aromatic rings. The number of ether oxygens (including phenoxy) is 2. The fourth-order valence-electron chi connectivity index (χ4n) is 3.16. The summed E-state index contributed by atoms with van der Waals surface area (Å²) in [4.78, 5) is 11.6. The Morgan fingerprint density at radius 3 is 2.45 bits per heavy atom. The molecule has 2 aromatic carbocycles. The quantitative estimate of drug-likeness (QED) is 0.687. The first kappa shape index (κ1) is 19.1. The monoisotopic (exact) mass is 394 g/mol. The number of hydrogen-bond donors (Lipinski definition) is 1. The van der Waals surface area contributed by atoms with Crippen LogP contribution in [0.5, 0.6) is 5.75 Å². The Morgan fingerprint density at radius 1 is 1.03 bits per heavy atom. The zero-order valence-corrected chi connectivity index (χ0v) is 16.3. The molecule has 1 aromatic heterocycles. The summed E-state index contributed by atoms with van der Waals surface area (Å²) in [5.74, 6) is 1.94. The lowest BCUT2D eigenvalue weighted by Crippen LogP contribution is -2.36. The number of hydrogen-bond acceptors (Lipinski definition) is 6. The van der Waals surface area contributed by atoms with Crippen molar-refractivity contribution in [2.45, 2.75) is 6.54 Å². The summed E-state index contributed by atoms with van der Waals surface area (Å²) in [5.41, 5.74) is 2.76. The fraction of sp³-hybridized carbons (Fsp3) is 0.273. The number of anilines is 2. The van der Waals surface area contributed by atoms with Crippen molar-refractivity contribution in [1.29, 1.82) is 0 Å².